The quantitative estimate of drug-likeness (QED) is 0.842. The maximum Gasteiger partial charge on any atom is 0.138 e. The third kappa shape index (κ3) is 3.89. The van der Waals surface area contributed by atoms with E-state index < -0.39 is 0 Å². The third-order valence-electron chi connectivity index (χ3n) is 4.30. The Balaban J connectivity index is 1.56. The standard InChI is InChI=1S/C18H22ClN3O/c1-20-17-7-2-14(12-18(17)23)13-21-8-10-22(11-9-21)16-5-3-15(19)4-6-16/h2-7,12,20,23H,8-11,13H2,1H3. The van der Waals surface area contributed by atoms with Crippen LogP contribution >= 0.6 is 11.6 Å². The number of piperazine rings is 1. The van der Waals surface area contributed by atoms with Crippen LogP contribution in [0.2, 0.25) is 5.02 Å². The molecule has 3 rings (SSSR count). The first-order valence-corrected chi connectivity index (χ1v) is 8.26. The molecular weight excluding hydrogens is 310 g/mol. The summed E-state index contributed by atoms with van der Waals surface area (Å²) in [7, 11) is 1.81. The van der Waals surface area contributed by atoms with E-state index in [9.17, 15) is 5.11 Å². The largest absolute Gasteiger partial charge is 0.506 e. The summed E-state index contributed by atoms with van der Waals surface area (Å²) in [6.45, 7) is 4.89. The average Bonchev–Trinajstić information content (AvgIpc) is 2.57. The zero-order valence-corrected chi connectivity index (χ0v) is 14.1. The van der Waals surface area contributed by atoms with Gasteiger partial charge >= 0.3 is 0 Å². The van der Waals surface area contributed by atoms with E-state index in [4.69, 9.17) is 11.6 Å². The Morgan fingerprint density at radius 3 is 2.35 bits per heavy atom. The van der Waals surface area contributed by atoms with Gasteiger partial charge in [-0.25, -0.2) is 0 Å². The molecule has 0 unspecified atom stereocenters. The van der Waals surface area contributed by atoms with Gasteiger partial charge in [0.25, 0.3) is 0 Å². The molecule has 4 nitrogen and oxygen atoms in total. The smallest absolute Gasteiger partial charge is 0.138 e. The van der Waals surface area contributed by atoms with Crippen LogP contribution in [0, 0.1) is 0 Å². The van der Waals surface area contributed by atoms with Gasteiger partial charge in [0.15, 0.2) is 0 Å². The van der Waals surface area contributed by atoms with Crippen molar-refractivity contribution in [3.8, 4) is 5.75 Å². The average molecular weight is 332 g/mol. The summed E-state index contributed by atoms with van der Waals surface area (Å²) in [6, 6.07) is 13.9. The van der Waals surface area contributed by atoms with Gasteiger partial charge in [0.05, 0.1) is 5.69 Å². The van der Waals surface area contributed by atoms with Crippen LogP contribution in [0.25, 0.3) is 0 Å². The molecule has 2 aromatic rings. The lowest BCUT2D eigenvalue weighted by Gasteiger charge is -2.36. The van der Waals surface area contributed by atoms with Crippen LogP contribution in [0.3, 0.4) is 0 Å². The lowest BCUT2D eigenvalue weighted by Crippen LogP contribution is -2.45. The highest BCUT2D eigenvalue weighted by molar-refractivity contribution is 6.30. The van der Waals surface area contributed by atoms with Gasteiger partial charge in [-0.05, 0) is 42.0 Å². The lowest BCUT2D eigenvalue weighted by molar-refractivity contribution is 0.249. The van der Waals surface area contributed by atoms with Crippen LogP contribution in [0.4, 0.5) is 11.4 Å². The van der Waals surface area contributed by atoms with E-state index in [2.05, 4.69) is 33.3 Å². The van der Waals surface area contributed by atoms with Crippen molar-refractivity contribution in [2.24, 2.45) is 0 Å². The first-order valence-electron chi connectivity index (χ1n) is 7.88. The van der Waals surface area contributed by atoms with Gasteiger partial charge in [0.1, 0.15) is 5.75 Å². The van der Waals surface area contributed by atoms with E-state index in [0.29, 0.717) is 5.75 Å². The molecule has 23 heavy (non-hydrogen) atoms. The van der Waals surface area contributed by atoms with E-state index in [1.54, 1.807) is 0 Å². The van der Waals surface area contributed by atoms with E-state index >= 15 is 0 Å². The van der Waals surface area contributed by atoms with Gasteiger partial charge in [0, 0.05) is 50.5 Å². The van der Waals surface area contributed by atoms with Gasteiger partial charge in [-0.2, -0.15) is 0 Å². The van der Waals surface area contributed by atoms with Crippen LogP contribution in [0.1, 0.15) is 5.56 Å². The van der Waals surface area contributed by atoms with Gasteiger partial charge < -0.3 is 15.3 Å². The highest BCUT2D eigenvalue weighted by Crippen LogP contribution is 2.25. The molecule has 1 heterocycles. The van der Waals surface area contributed by atoms with Gasteiger partial charge in [-0.15, -0.1) is 0 Å². The summed E-state index contributed by atoms with van der Waals surface area (Å²) in [5.41, 5.74) is 3.13. The fourth-order valence-electron chi connectivity index (χ4n) is 2.96. The van der Waals surface area contributed by atoms with E-state index in [0.717, 1.165) is 49.0 Å². The second kappa shape index (κ2) is 7.11. The topological polar surface area (TPSA) is 38.7 Å². The van der Waals surface area contributed by atoms with E-state index in [-0.39, 0.29) is 0 Å². The molecule has 1 aliphatic rings. The third-order valence-corrected chi connectivity index (χ3v) is 4.55. The number of phenols is 1. The van der Waals surface area contributed by atoms with Gasteiger partial charge in [-0.3, -0.25) is 4.90 Å². The number of hydrogen-bond acceptors (Lipinski definition) is 4. The maximum atomic E-state index is 9.93. The Bertz CT molecular complexity index is 652. The minimum Gasteiger partial charge on any atom is -0.506 e. The molecule has 122 valence electrons. The van der Waals surface area contributed by atoms with Crippen molar-refractivity contribution < 1.29 is 5.11 Å². The molecule has 1 aliphatic heterocycles. The van der Waals surface area contributed by atoms with Gasteiger partial charge in [0.2, 0.25) is 0 Å². The maximum absolute atomic E-state index is 9.93. The predicted molar refractivity (Wildman–Crippen MR) is 96.6 cm³/mol. The lowest BCUT2D eigenvalue weighted by atomic mass is 10.1. The molecule has 0 amide bonds. The molecular formula is C18H22ClN3O. The number of anilines is 2. The number of rotatable bonds is 4. The Labute approximate surface area is 142 Å². The molecule has 2 aromatic carbocycles. The zero-order chi connectivity index (χ0) is 16.2. The molecule has 0 aromatic heterocycles. The van der Waals surface area contributed by atoms with Crippen molar-refractivity contribution in [2.45, 2.75) is 6.54 Å². The van der Waals surface area contributed by atoms with Crippen molar-refractivity contribution in [1.82, 2.24) is 4.90 Å². The zero-order valence-electron chi connectivity index (χ0n) is 13.3. The Kier molecular flexibility index (Phi) is 4.94. The molecule has 0 atom stereocenters. The van der Waals surface area contributed by atoms with E-state index in [1.807, 2.05) is 31.3 Å². The fraction of sp³-hybridized carbons (Fsp3) is 0.333. The van der Waals surface area contributed by atoms with Crippen LogP contribution in [-0.2, 0) is 6.54 Å². The van der Waals surface area contributed by atoms with Crippen LogP contribution in [0.15, 0.2) is 42.5 Å². The Morgan fingerprint density at radius 1 is 1.04 bits per heavy atom. The minimum absolute atomic E-state index is 0.310. The summed E-state index contributed by atoms with van der Waals surface area (Å²) in [4.78, 5) is 4.80. The number of benzene rings is 2. The first-order chi connectivity index (χ1) is 11.2. The number of phenolic OH excluding ortho intramolecular Hbond substituents is 1. The number of aromatic hydroxyl groups is 1. The Morgan fingerprint density at radius 2 is 1.74 bits per heavy atom. The highest BCUT2D eigenvalue weighted by atomic mass is 35.5. The van der Waals surface area contributed by atoms with Crippen LogP contribution in [-0.4, -0.2) is 43.2 Å². The van der Waals surface area contributed by atoms with Crippen molar-refractivity contribution in [1.29, 1.82) is 0 Å². The van der Waals surface area contributed by atoms with Gasteiger partial charge in [-0.1, -0.05) is 17.7 Å². The van der Waals surface area contributed by atoms with Crippen LogP contribution < -0.4 is 10.2 Å². The minimum atomic E-state index is 0.310. The van der Waals surface area contributed by atoms with Crippen molar-refractivity contribution in [3.05, 3.63) is 53.1 Å². The molecule has 2 N–H and O–H groups in total. The van der Waals surface area contributed by atoms with Crippen molar-refractivity contribution in [2.75, 3.05) is 43.4 Å². The fourth-order valence-corrected chi connectivity index (χ4v) is 3.09. The number of nitrogens with zero attached hydrogens (tertiary/aromatic N) is 2. The summed E-state index contributed by atoms with van der Waals surface area (Å²) >= 11 is 5.95. The summed E-state index contributed by atoms with van der Waals surface area (Å²) in [6.07, 6.45) is 0. The highest BCUT2D eigenvalue weighted by Gasteiger charge is 2.17. The summed E-state index contributed by atoms with van der Waals surface area (Å²) in [5, 5.41) is 13.7. The number of halogens is 1. The summed E-state index contributed by atoms with van der Waals surface area (Å²) in [5.74, 6) is 0.310. The molecule has 0 aliphatic carbocycles. The van der Waals surface area contributed by atoms with Crippen LogP contribution in [0.5, 0.6) is 5.75 Å². The molecule has 0 saturated carbocycles. The van der Waals surface area contributed by atoms with Crippen molar-refractivity contribution in [3.63, 3.8) is 0 Å². The molecule has 0 radical (unpaired) electrons. The SMILES string of the molecule is CNc1ccc(CN2CCN(c3ccc(Cl)cc3)CC2)cc1O. The van der Waals surface area contributed by atoms with E-state index in [1.165, 1.54) is 5.69 Å². The molecule has 1 fully saturated rings. The second-order valence-electron chi connectivity index (χ2n) is 5.84. The molecule has 0 spiro atoms. The molecule has 5 heteroatoms. The predicted octanol–water partition coefficient (Wildman–Crippen LogP) is 3.41. The first kappa shape index (κ1) is 16.0. The van der Waals surface area contributed by atoms with Crippen molar-refractivity contribution >= 4 is 23.0 Å². The number of nitrogens with one attached hydrogen (secondary N) is 1. The molecule has 0 bridgehead atoms. The normalized spacial score (nSPS) is 15.7. The number of hydrogen-bond donors (Lipinski definition) is 2. The monoisotopic (exact) mass is 331 g/mol. The Hall–Kier alpha value is -1.91. The summed E-state index contributed by atoms with van der Waals surface area (Å²) < 4.78 is 0. The molecule has 1 saturated heterocycles. The second-order valence-corrected chi connectivity index (χ2v) is 6.28.